The normalized spacial score (nSPS) is 10.0. The number of hydrogen-bond donors (Lipinski definition) is 4. The molecule has 0 aliphatic heterocycles. The van der Waals surface area contributed by atoms with Crippen LogP contribution in [0.3, 0.4) is 0 Å². The lowest BCUT2D eigenvalue weighted by molar-refractivity contribution is 0.0923. The molecule has 22 heavy (non-hydrogen) atoms. The summed E-state index contributed by atoms with van der Waals surface area (Å²) in [7, 11) is 0. The van der Waals surface area contributed by atoms with Crippen molar-refractivity contribution >= 4 is 24.4 Å². The number of rotatable bonds is 5. The average molecular weight is 318 g/mol. The number of aromatic nitrogens is 2. The maximum Gasteiger partial charge on any atom is 0.271 e. The Kier molecular flexibility index (Phi) is 5.31. The van der Waals surface area contributed by atoms with Gasteiger partial charge in [-0.25, -0.2) is 5.10 Å². The van der Waals surface area contributed by atoms with Gasteiger partial charge in [-0.3, -0.25) is 14.4 Å². The van der Waals surface area contributed by atoms with Gasteiger partial charge in [0.05, 0.1) is 5.56 Å². The van der Waals surface area contributed by atoms with E-state index in [4.69, 9.17) is 0 Å². The van der Waals surface area contributed by atoms with Crippen molar-refractivity contribution in [1.82, 2.24) is 20.8 Å². The Balaban J connectivity index is 1.78. The van der Waals surface area contributed by atoms with Crippen LogP contribution in [-0.4, -0.2) is 35.1 Å². The van der Waals surface area contributed by atoms with E-state index in [9.17, 15) is 14.4 Å². The number of carbonyl (C=O) groups is 2. The van der Waals surface area contributed by atoms with Gasteiger partial charge in [0.15, 0.2) is 0 Å². The van der Waals surface area contributed by atoms with Crippen LogP contribution in [0.2, 0.25) is 0 Å². The third kappa shape index (κ3) is 4.19. The lowest BCUT2D eigenvalue weighted by atomic mass is 10.2. The summed E-state index contributed by atoms with van der Waals surface area (Å²) < 4.78 is 0. The first-order valence-corrected chi connectivity index (χ1v) is 6.93. The zero-order chi connectivity index (χ0) is 15.9. The van der Waals surface area contributed by atoms with Crippen molar-refractivity contribution in [1.29, 1.82) is 0 Å². The number of H-pyrrole nitrogens is 1. The third-order valence-corrected chi connectivity index (χ3v) is 3.15. The van der Waals surface area contributed by atoms with Crippen molar-refractivity contribution in [3.63, 3.8) is 0 Å². The first kappa shape index (κ1) is 15.8. The first-order chi connectivity index (χ1) is 10.6. The van der Waals surface area contributed by atoms with Gasteiger partial charge in [-0.05, 0) is 18.2 Å². The zero-order valence-corrected chi connectivity index (χ0v) is 12.4. The van der Waals surface area contributed by atoms with E-state index in [-0.39, 0.29) is 30.2 Å². The van der Waals surface area contributed by atoms with E-state index < -0.39 is 5.91 Å². The molecule has 0 aliphatic rings. The zero-order valence-electron chi connectivity index (χ0n) is 11.5. The molecule has 3 N–H and O–H groups in total. The summed E-state index contributed by atoms with van der Waals surface area (Å²) in [6.45, 7) is 0.496. The fraction of sp³-hybridized carbons (Fsp3) is 0.143. The quantitative estimate of drug-likeness (QED) is 0.467. The lowest BCUT2D eigenvalue weighted by Gasteiger charge is -2.08. The molecule has 7 nitrogen and oxygen atoms in total. The highest BCUT2D eigenvalue weighted by molar-refractivity contribution is 7.80. The van der Waals surface area contributed by atoms with Gasteiger partial charge in [0, 0.05) is 24.1 Å². The Morgan fingerprint density at radius 3 is 2.36 bits per heavy atom. The number of carbonyl (C=O) groups excluding carboxylic acids is 2. The first-order valence-electron chi connectivity index (χ1n) is 6.48. The molecule has 2 rings (SSSR count). The molecule has 0 saturated heterocycles. The summed E-state index contributed by atoms with van der Waals surface area (Å²) in [5.41, 5.74) is 0.195. The number of aromatic amines is 1. The van der Waals surface area contributed by atoms with E-state index in [2.05, 4.69) is 33.5 Å². The Labute approximate surface area is 131 Å². The summed E-state index contributed by atoms with van der Waals surface area (Å²) in [5.74, 6) is -0.692. The van der Waals surface area contributed by atoms with E-state index in [1.54, 1.807) is 24.3 Å². The molecule has 0 radical (unpaired) electrons. The minimum atomic E-state index is -0.430. The summed E-state index contributed by atoms with van der Waals surface area (Å²) in [4.78, 5) is 35.0. The summed E-state index contributed by atoms with van der Waals surface area (Å²) in [5, 5.41) is 11.0. The maximum atomic E-state index is 11.9. The van der Waals surface area contributed by atoms with Gasteiger partial charge in [0.1, 0.15) is 5.69 Å². The molecule has 0 atom stereocenters. The van der Waals surface area contributed by atoms with Crippen molar-refractivity contribution < 1.29 is 9.59 Å². The second-order valence-corrected chi connectivity index (χ2v) is 4.82. The molecular weight excluding hydrogens is 304 g/mol. The SMILES string of the molecule is O=C(NCCNC(=O)c1ccccc1S)c1ccc(=O)[nH]n1. The smallest absolute Gasteiger partial charge is 0.271 e. The molecule has 0 fully saturated rings. The topological polar surface area (TPSA) is 104 Å². The Hall–Kier alpha value is -2.61. The molecule has 1 aromatic carbocycles. The minimum absolute atomic E-state index is 0.103. The van der Waals surface area contributed by atoms with E-state index >= 15 is 0 Å². The van der Waals surface area contributed by atoms with Crippen LogP contribution < -0.4 is 16.2 Å². The molecule has 0 unspecified atom stereocenters. The molecule has 0 saturated carbocycles. The van der Waals surface area contributed by atoms with Gasteiger partial charge in [-0.15, -0.1) is 12.6 Å². The van der Waals surface area contributed by atoms with Crippen molar-refractivity contribution in [2.45, 2.75) is 4.90 Å². The largest absolute Gasteiger partial charge is 0.350 e. The Bertz CT molecular complexity index is 724. The van der Waals surface area contributed by atoms with Crippen LogP contribution in [0.4, 0.5) is 0 Å². The molecule has 2 amide bonds. The number of thiol groups is 1. The summed E-state index contributed by atoms with van der Waals surface area (Å²) in [6.07, 6.45) is 0. The van der Waals surface area contributed by atoms with Gasteiger partial charge >= 0.3 is 0 Å². The van der Waals surface area contributed by atoms with Crippen molar-refractivity contribution in [3.8, 4) is 0 Å². The number of benzene rings is 1. The fourth-order valence-corrected chi connectivity index (χ4v) is 1.94. The van der Waals surface area contributed by atoms with Gasteiger partial charge < -0.3 is 10.6 Å². The second kappa shape index (κ2) is 7.41. The minimum Gasteiger partial charge on any atom is -0.350 e. The van der Waals surface area contributed by atoms with Gasteiger partial charge in [-0.2, -0.15) is 5.10 Å². The molecular formula is C14H14N4O3S. The molecule has 2 aromatic rings. The van der Waals surface area contributed by atoms with Crippen molar-refractivity contribution in [2.75, 3.05) is 13.1 Å². The Morgan fingerprint density at radius 2 is 1.73 bits per heavy atom. The van der Waals surface area contributed by atoms with E-state index in [1.165, 1.54) is 12.1 Å². The van der Waals surface area contributed by atoms with Crippen LogP contribution in [0.5, 0.6) is 0 Å². The van der Waals surface area contributed by atoms with E-state index in [0.717, 1.165) is 0 Å². The van der Waals surface area contributed by atoms with Crippen LogP contribution in [0.25, 0.3) is 0 Å². The van der Waals surface area contributed by atoms with Crippen LogP contribution >= 0.6 is 12.6 Å². The van der Waals surface area contributed by atoms with Crippen LogP contribution in [0, 0.1) is 0 Å². The molecule has 114 valence electrons. The summed E-state index contributed by atoms with van der Waals surface area (Å²) >= 11 is 4.20. The van der Waals surface area contributed by atoms with Gasteiger partial charge in [0.25, 0.3) is 17.4 Å². The number of hydrogen-bond acceptors (Lipinski definition) is 5. The predicted molar refractivity (Wildman–Crippen MR) is 83.2 cm³/mol. The highest BCUT2D eigenvalue weighted by atomic mass is 32.1. The number of nitrogens with one attached hydrogen (secondary N) is 3. The van der Waals surface area contributed by atoms with Crippen LogP contribution in [-0.2, 0) is 0 Å². The molecule has 8 heteroatoms. The number of nitrogens with zero attached hydrogens (tertiary/aromatic N) is 1. The fourth-order valence-electron chi connectivity index (χ4n) is 1.67. The molecule has 0 spiro atoms. The molecule has 1 aromatic heterocycles. The van der Waals surface area contributed by atoms with Gasteiger partial charge in [0.2, 0.25) is 0 Å². The van der Waals surface area contributed by atoms with Crippen LogP contribution in [0.15, 0.2) is 46.1 Å². The lowest BCUT2D eigenvalue weighted by Crippen LogP contribution is -2.35. The van der Waals surface area contributed by atoms with E-state index in [0.29, 0.717) is 10.5 Å². The molecule has 1 heterocycles. The van der Waals surface area contributed by atoms with E-state index in [1.807, 2.05) is 0 Å². The standard InChI is InChI=1S/C14H14N4O3S/c19-12-6-5-10(17-18-12)14(21)16-8-7-15-13(20)9-3-1-2-4-11(9)22/h1-6,22H,7-8H2,(H,15,20)(H,16,21)(H,18,19). The monoisotopic (exact) mass is 318 g/mol. The summed E-state index contributed by atoms with van der Waals surface area (Å²) in [6, 6.07) is 9.47. The predicted octanol–water partition coefficient (Wildman–Crippen LogP) is 0.218. The average Bonchev–Trinajstić information content (AvgIpc) is 2.52. The molecule has 0 aliphatic carbocycles. The number of amides is 2. The maximum absolute atomic E-state index is 11.9. The van der Waals surface area contributed by atoms with Crippen molar-refractivity contribution in [2.24, 2.45) is 0 Å². The van der Waals surface area contributed by atoms with Crippen molar-refractivity contribution in [3.05, 3.63) is 58.0 Å². The molecule has 0 bridgehead atoms. The second-order valence-electron chi connectivity index (χ2n) is 4.34. The highest BCUT2D eigenvalue weighted by Gasteiger charge is 2.09. The van der Waals surface area contributed by atoms with Gasteiger partial charge in [-0.1, -0.05) is 12.1 Å². The highest BCUT2D eigenvalue weighted by Crippen LogP contribution is 2.12. The Morgan fingerprint density at radius 1 is 1.05 bits per heavy atom. The van der Waals surface area contributed by atoms with Crippen LogP contribution in [0.1, 0.15) is 20.8 Å². The third-order valence-electron chi connectivity index (χ3n) is 2.76.